The van der Waals surface area contributed by atoms with E-state index in [-0.39, 0.29) is 5.91 Å². The van der Waals surface area contributed by atoms with E-state index in [0.717, 1.165) is 72.1 Å². The molecule has 1 amide bonds. The summed E-state index contributed by atoms with van der Waals surface area (Å²) in [5.41, 5.74) is 4.13. The Bertz CT molecular complexity index is 1350. The van der Waals surface area contributed by atoms with Gasteiger partial charge in [0.1, 0.15) is 12.2 Å². The quantitative estimate of drug-likeness (QED) is 0.539. The lowest BCUT2D eigenvalue weighted by Crippen LogP contribution is -2.46. The number of amides is 1. The number of piperidine rings is 1. The van der Waals surface area contributed by atoms with Crippen LogP contribution in [0.3, 0.4) is 0 Å². The van der Waals surface area contributed by atoms with Crippen LogP contribution in [0.1, 0.15) is 25.3 Å². The normalized spacial score (nSPS) is 17.2. The van der Waals surface area contributed by atoms with Gasteiger partial charge in [0.05, 0.1) is 17.2 Å². The van der Waals surface area contributed by atoms with Gasteiger partial charge in [-0.2, -0.15) is 5.10 Å². The molecular formula is C23H24N8O. The van der Waals surface area contributed by atoms with E-state index in [9.17, 15) is 4.79 Å². The predicted octanol–water partition coefficient (Wildman–Crippen LogP) is 2.74. The van der Waals surface area contributed by atoms with Gasteiger partial charge in [0, 0.05) is 38.6 Å². The standard InChI is InChI=1S/C23H24N8O/c1-3-31-13-15(12-26-31)19-28-18-20(29(19)2)24-14-25-21(18)30-10-8-23(9-11-30)16-6-4-5-7-17(16)27-22(23)32/h4-7,12-14H,3,8-11H2,1-2H3,(H,27,32). The molecule has 2 aliphatic rings. The van der Waals surface area contributed by atoms with Gasteiger partial charge < -0.3 is 14.8 Å². The fourth-order valence-electron chi connectivity index (χ4n) is 5.10. The van der Waals surface area contributed by atoms with Gasteiger partial charge in [-0.25, -0.2) is 15.0 Å². The molecule has 1 fully saturated rings. The number of nitrogens with one attached hydrogen (secondary N) is 1. The van der Waals surface area contributed by atoms with Crippen LogP contribution in [-0.2, 0) is 23.8 Å². The van der Waals surface area contributed by atoms with E-state index in [1.54, 1.807) is 6.33 Å². The molecule has 1 N–H and O–H groups in total. The minimum absolute atomic E-state index is 0.110. The Morgan fingerprint density at radius 1 is 1.16 bits per heavy atom. The Kier molecular flexibility index (Phi) is 4.08. The number of para-hydroxylation sites is 1. The summed E-state index contributed by atoms with van der Waals surface area (Å²) in [5.74, 6) is 1.75. The third-order valence-electron chi connectivity index (χ3n) is 6.89. The van der Waals surface area contributed by atoms with E-state index in [4.69, 9.17) is 4.98 Å². The maximum Gasteiger partial charge on any atom is 0.235 e. The lowest BCUT2D eigenvalue weighted by Gasteiger charge is -2.38. The fraction of sp³-hybridized carbons (Fsp3) is 0.348. The molecule has 0 saturated carbocycles. The zero-order valence-corrected chi connectivity index (χ0v) is 18.1. The van der Waals surface area contributed by atoms with Crippen LogP contribution in [0.5, 0.6) is 0 Å². The molecule has 4 aromatic rings. The number of aromatic nitrogens is 6. The number of hydrogen-bond donors (Lipinski definition) is 1. The highest BCUT2D eigenvalue weighted by atomic mass is 16.2. The summed E-state index contributed by atoms with van der Waals surface area (Å²) >= 11 is 0. The molecule has 0 radical (unpaired) electrons. The van der Waals surface area contributed by atoms with Crippen molar-refractivity contribution in [3.8, 4) is 11.4 Å². The van der Waals surface area contributed by atoms with Crippen LogP contribution in [0.2, 0.25) is 0 Å². The predicted molar refractivity (Wildman–Crippen MR) is 121 cm³/mol. The van der Waals surface area contributed by atoms with Crippen molar-refractivity contribution in [2.45, 2.75) is 31.7 Å². The van der Waals surface area contributed by atoms with E-state index in [1.165, 1.54) is 0 Å². The summed E-state index contributed by atoms with van der Waals surface area (Å²) in [7, 11) is 1.97. The molecule has 9 heteroatoms. The zero-order valence-electron chi connectivity index (χ0n) is 18.1. The van der Waals surface area contributed by atoms with Gasteiger partial charge in [0.2, 0.25) is 5.91 Å². The Morgan fingerprint density at radius 2 is 1.97 bits per heavy atom. The molecule has 1 saturated heterocycles. The van der Waals surface area contributed by atoms with Gasteiger partial charge in [0.25, 0.3) is 0 Å². The van der Waals surface area contributed by atoms with Crippen molar-refractivity contribution in [3.63, 3.8) is 0 Å². The van der Waals surface area contributed by atoms with Crippen molar-refractivity contribution in [1.29, 1.82) is 0 Å². The third-order valence-corrected chi connectivity index (χ3v) is 6.89. The minimum Gasteiger partial charge on any atom is -0.355 e. The number of rotatable bonds is 3. The fourth-order valence-corrected chi connectivity index (χ4v) is 5.10. The maximum absolute atomic E-state index is 12.9. The van der Waals surface area contributed by atoms with Crippen molar-refractivity contribution in [1.82, 2.24) is 29.3 Å². The van der Waals surface area contributed by atoms with Crippen molar-refractivity contribution in [3.05, 3.63) is 48.5 Å². The second-order valence-corrected chi connectivity index (χ2v) is 8.52. The van der Waals surface area contributed by atoms with Gasteiger partial charge in [0.15, 0.2) is 17.0 Å². The topological polar surface area (TPSA) is 93.8 Å². The molecule has 5 heterocycles. The minimum atomic E-state index is -0.455. The van der Waals surface area contributed by atoms with E-state index < -0.39 is 5.41 Å². The molecule has 0 aliphatic carbocycles. The monoisotopic (exact) mass is 428 g/mol. The molecule has 6 rings (SSSR count). The van der Waals surface area contributed by atoms with Crippen LogP contribution >= 0.6 is 0 Å². The number of nitrogens with zero attached hydrogens (tertiary/aromatic N) is 7. The molecule has 32 heavy (non-hydrogen) atoms. The first kappa shape index (κ1) is 19.0. The zero-order chi connectivity index (χ0) is 21.9. The molecule has 1 spiro atoms. The van der Waals surface area contributed by atoms with Crippen molar-refractivity contribution in [2.24, 2.45) is 7.05 Å². The molecule has 9 nitrogen and oxygen atoms in total. The smallest absolute Gasteiger partial charge is 0.235 e. The average molecular weight is 429 g/mol. The maximum atomic E-state index is 12.9. The lowest BCUT2D eigenvalue weighted by atomic mass is 9.73. The van der Waals surface area contributed by atoms with Crippen LogP contribution < -0.4 is 10.2 Å². The summed E-state index contributed by atoms with van der Waals surface area (Å²) in [4.78, 5) is 29.1. The Hall–Kier alpha value is -3.75. The van der Waals surface area contributed by atoms with Crippen LogP contribution in [0.4, 0.5) is 11.5 Å². The number of carbonyl (C=O) groups is 1. The van der Waals surface area contributed by atoms with E-state index in [1.807, 2.05) is 46.9 Å². The summed E-state index contributed by atoms with van der Waals surface area (Å²) in [6.07, 6.45) is 6.91. The van der Waals surface area contributed by atoms with Crippen LogP contribution in [0.25, 0.3) is 22.6 Å². The second kappa shape index (κ2) is 6.88. The van der Waals surface area contributed by atoms with Crippen LogP contribution in [0.15, 0.2) is 43.0 Å². The van der Waals surface area contributed by atoms with Crippen molar-refractivity contribution < 1.29 is 4.79 Å². The van der Waals surface area contributed by atoms with E-state index in [2.05, 4.69) is 38.3 Å². The number of benzene rings is 1. The molecule has 1 aromatic carbocycles. The Morgan fingerprint density at radius 3 is 2.75 bits per heavy atom. The Balaban J connectivity index is 1.34. The Labute approximate surface area is 185 Å². The highest BCUT2D eigenvalue weighted by Crippen LogP contribution is 2.45. The molecule has 0 atom stereocenters. The van der Waals surface area contributed by atoms with Crippen molar-refractivity contribution >= 4 is 28.6 Å². The summed E-state index contributed by atoms with van der Waals surface area (Å²) in [6, 6.07) is 8.04. The SMILES string of the molecule is CCn1cc(-c2nc3c(N4CCC5(CC4)C(=O)Nc4ccccc45)ncnc3n2C)cn1. The van der Waals surface area contributed by atoms with Crippen molar-refractivity contribution in [2.75, 3.05) is 23.3 Å². The summed E-state index contributed by atoms with van der Waals surface area (Å²) < 4.78 is 3.87. The first-order valence-corrected chi connectivity index (χ1v) is 11.0. The molecule has 0 unspecified atom stereocenters. The number of fused-ring (bicyclic) bond motifs is 3. The average Bonchev–Trinajstić information content (AvgIpc) is 3.50. The molecule has 2 aliphatic heterocycles. The largest absolute Gasteiger partial charge is 0.355 e. The highest BCUT2D eigenvalue weighted by Gasteiger charge is 2.48. The van der Waals surface area contributed by atoms with Gasteiger partial charge in [-0.3, -0.25) is 9.48 Å². The van der Waals surface area contributed by atoms with Crippen LogP contribution in [-0.4, -0.2) is 48.3 Å². The second-order valence-electron chi connectivity index (χ2n) is 8.52. The lowest BCUT2D eigenvalue weighted by molar-refractivity contribution is -0.121. The highest BCUT2D eigenvalue weighted by molar-refractivity contribution is 6.06. The van der Waals surface area contributed by atoms with Gasteiger partial charge in [-0.1, -0.05) is 18.2 Å². The molecular weight excluding hydrogens is 404 g/mol. The van der Waals surface area contributed by atoms with E-state index in [0.29, 0.717) is 0 Å². The van der Waals surface area contributed by atoms with Gasteiger partial charge in [-0.15, -0.1) is 0 Å². The number of aryl methyl sites for hydroxylation is 2. The van der Waals surface area contributed by atoms with Gasteiger partial charge in [-0.05, 0) is 31.4 Å². The molecule has 162 valence electrons. The first-order chi connectivity index (χ1) is 15.6. The molecule has 3 aromatic heterocycles. The number of anilines is 2. The summed E-state index contributed by atoms with van der Waals surface area (Å²) in [6.45, 7) is 4.32. The number of carbonyl (C=O) groups excluding carboxylic acids is 1. The first-order valence-electron chi connectivity index (χ1n) is 11.0. The number of hydrogen-bond acceptors (Lipinski definition) is 6. The third kappa shape index (κ3) is 2.60. The molecule has 0 bridgehead atoms. The van der Waals surface area contributed by atoms with Gasteiger partial charge >= 0.3 is 0 Å². The number of imidazole rings is 1. The van der Waals surface area contributed by atoms with Crippen LogP contribution in [0, 0.1) is 0 Å². The van der Waals surface area contributed by atoms with E-state index >= 15 is 0 Å². The summed E-state index contributed by atoms with van der Waals surface area (Å²) in [5, 5.41) is 7.45.